The third-order valence-corrected chi connectivity index (χ3v) is 7.59. The van der Waals surface area contributed by atoms with Crippen LogP contribution in [0, 0.1) is 5.41 Å². The average molecular weight is 524 g/mol. The summed E-state index contributed by atoms with van der Waals surface area (Å²) in [4.78, 5) is 20.4. The maximum absolute atomic E-state index is 14.2. The fourth-order valence-corrected chi connectivity index (χ4v) is 5.61. The molecule has 0 bridgehead atoms. The zero-order valence-corrected chi connectivity index (χ0v) is 22.3. The van der Waals surface area contributed by atoms with Crippen molar-refractivity contribution in [2.24, 2.45) is 5.41 Å². The number of aromatic nitrogens is 1. The number of likely N-dealkylation sites (tertiary alicyclic amines) is 1. The molecule has 1 fully saturated rings. The number of halogens is 2. The Hall–Kier alpha value is -2.82. The molecule has 1 saturated heterocycles. The van der Waals surface area contributed by atoms with Gasteiger partial charge in [0.25, 0.3) is 0 Å². The number of piperidine rings is 1. The Balaban J connectivity index is 1.73. The molecule has 0 saturated carbocycles. The largest absolute Gasteiger partial charge is 0.492 e. The van der Waals surface area contributed by atoms with E-state index in [0.717, 1.165) is 16.9 Å². The normalized spacial score (nSPS) is 22.8. The van der Waals surface area contributed by atoms with Crippen molar-refractivity contribution in [1.82, 2.24) is 9.88 Å². The molecule has 4 rings (SSSR count). The molecule has 4 atom stereocenters. The molecule has 0 unspecified atom stereocenters. The molecule has 3 aromatic rings. The Morgan fingerprint density at radius 3 is 2.58 bits per heavy atom. The number of carbonyl (C=O) groups excluding carboxylic acids is 1. The van der Waals surface area contributed by atoms with Crippen LogP contribution in [0.1, 0.15) is 56.2 Å². The first-order chi connectivity index (χ1) is 17.3. The minimum Gasteiger partial charge on any atom is -0.492 e. The Morgan fingerprint density at radius 2 is 1.92 bits per heavy atom. The lowest BCUT2D eigenvalue weighted by Crippen LogP contribution is -2.55. The predicted molar refractivity (Wildman–Crippen MR) is 147 cm³/mol. The van der Waals surface area contributed by atoms with Gasteiger partial charge in [0.05, 0.1) is 24.3 Å². The molecule has 1 aromatic heterocycles. The van der Waals surface area contributed by atoms with E-state index in [4.69, 9.17) is 27.9 Å². The van der Waals surface area contributed by atoms with Gasteiger partial charge in [0, 0.05) is 34.6 Å². The first kappa shape index (κ1) is 26.2. The molecular formula is C30H32Cl2N2O2. The van der Waals surface area contributed by atoms with Crippen molar-refractivity contribution in [3.8, 4) is 5.75 Å². The van der Waals surface area contributed by atoms with Gasteiger partial charge in [-0.3, -0.25) is 9.78 Å². The molecule has 36 heavy (non-hydrogen) atoms. The Morgan fingerprint density at radius 1 is 1.14 bits per heavy atom. The molecule has 6 heteroatoms. The van der Waals surface area contributed by atoms with Gasteiger partial charge in [-0.05, 0) is 67.3 Å². The minimum atomic E-state index is -0.573. The molecule has 1 aliphatic rings. The van der Waals surface area contributed by atoms with Crippen LogP contribution in [0.15, 0.2) is 85.7 Å². The van der Waals surface area contributed by atoms with E-state index in [2.05, 4.69) is 36.4 Å². The number of ether oxygens (including phenoxy) is 1. The fraction of sp³-hybridized carbons (Fsp3) is 0.333. The summed E-state index contributed by atoms with van der Waals surface area (Å²) in [7, 11) is 0. The molecule has 0 spiro atoms. The number of carbonyl (C=O) groups is 1. The Kier molecular flexibility index (Phi) is 8.38. The van der Waals surface area contributed by atoms with Gasteiger partial charge >= 0.3 is 0 Å². The van der Waals surface area contributed by atoms with Gasteiger partial charge < -0.3 is 9.64 Å². The van der Waals surface area contributed by atoms with E-state index in [1.165, 1.54) is 0 Å². The average Bonchev–Trinajstić information content (AvgIpc) is 2.87. The molecule has 0 radical (unpaired) electrons. The van der Waals surface area contributed by atoms with E-state index < -0.39 is 5.41 Å². The molecule has 1 amide bonds. The summed E-state index contributed by atoms with van der Waals surface area (Å²) in [6.45, 7) is 8.58. The van der Waals surface area contributed by atoms with Crippen LogP contribution in [-0.4, -0.2) is 28.4 Å². The van der Waals surface area contributed by atoms with Crippen molar-refractivity contribution in [2.75, 3.05) is 6.61 Å². The Labute approximate surface area is 223 Å². The van der Waals surface area contributed by atoms with Crippen LogP contribution >= 0.6 is 23.2 Å². The summed E-state index contributed by atoms with van der Waals surface area (Å²) in [6.07, 6.45) is 7.24. The van der Waals surface area contributed by atoms with Crippen molar-refractivity contribution < 1.29 is 9.53 Å². The van der Waals surface area contributed by atoms with Crippen molar-refractivity contribution in [3.05, 3.63) is 107 Å². The summed E-state index contributed by atoms with van der Waals surface area (Å²) in [5.41, 5.74) is 1.60. The third kappa shape index (κ3) is 5.77. The van der Waals surface area contributed by atoms with Crippen LogP contribution in [0.2, 0.25) is 10.0 Å². The van der Waals surface area contributed by atoms with Crippen molar-refractivity contribution >= 4 is 29.1 Å². The lowest BCUT2D eigenvalue weighted by molar-refractivity contribution is -0.154. The fourth-order valence-electron chi connectivity index (χ4n) is 5.29. The smallest absolute Gasteiger partial charge is 0.229 e. The molecule has 1 aliphatic heterocycles. The van der Waals surface area contributed by atoms with E-state index in [9.17, 15) is 4.79 Å². The number of pyridine rings is 1. The summed E-state index contributed by atoms with van der Waals surface area (Å²) in [5, 5.41) is 1.36. The molecule has 2 aromatic carbocycles. The summed E-state index contributed by atoms with van der Waals surface area (Å²) in [6, 6.07) is 19.3. The van der Waals surface area contributed by atoms with Crippen LogP contribution in [0.3, 0.4) is 0 Å². The number of rotatable bonds is 9. The molecule has 0 N–H and O–H groups in total. The molecule has 188 valence electrons. The number of hydrogen-bond acceptors (Lipinski definition) is 3. The van der Waals surface area contributed by atoms with Crippen LogP contribution in [0.25, 0.3) is 0 Å². The van der Waals surface area contributed by atoms with Gasteiger partial charge in [-0.1, -0.05) is 60.5 Å². The second-order valence-electron chi connectivity index (χ2n) is 9.80. The zero-order chi connectivity index (χ0) is 25.7. The summed E-state index contributed by atoms with van der Waals surface area (Å²) < 4.78 is 5.93. The summed E-state index contributed by atoms with van der Waals surface area (Å²) >= 11 is 12.7. The minimum absolute atomic E-state index is 0.0502. The quantitative estimate of drug-likeness (QED) is 0.268. The second-order valence-corrected chi connectivity index (χ2v) is 10.7. The van der Waals surface area contributed by atoms with Gasteiger partial charge in [-0.15, -0.1) is 6.58 Å². The van der Waals surface area contributed by atoms with E-state index in [0.29, 0.717) is 35.9 Å². The number of nitrogens with zero attached hydrogens (tertiary/aromatic N) is 2. The van der Waals surface area contributed by atoms with Gasteiger partial charge in [0.15, 0.2) is 0 Å². The molecular weight excluding hydrogens is 491 g/mol. The van der Waals surface area contributed by atoms with Crippen molar-refractivity contribution in [1.29, 1.82) is 0 Å². The third-order valence-electron chi connectivity index (χ3n) is 7.10. The zero-order valence-electron chi connectivity index (χ0n) is 20.7. The number of benzene rings is 2. The topological polar surface area (TPSA) is 42.4 Å². The number of amides is 1. The van der Waals surface area contributed by atoms with Gasteiger partial charge in [0.1, 0.15) is 5.75 Å². The highest BCUT2D eigenvalue weighted by atomic mass is 35.5. The van der Waals surface area contributed by atoms with E-state index in [1.54, 1.807) is 12.4 Å². The van der Waals surface area contributed by atoms with Crippen LogP contribution in [0.4, 0.5) is 0 Å². The highest BCUT2D eigenvalue weighted by Gasteiger charge is 2.50. The highest BCUT2D eigenvalue weighted by molar-refractivity contribution is 6.30. The van der Waals surface area contributed by atoms with E-state index in [1.807, 2.05) is 60.7 Å². The lowest BCUT2D eigenvalue weighted by atomic mass is 9.67. The van der Waals surface area contributed by atoms with E-state index >= 15 is 0 Å². The van der Waals surface area contributed by atoms with Gasteiger partial charge in [0.2, 0.25) is 5.91 Å². The van der Waals surface area contributed by atoms with Crippen LogP contribution in [-0.2, 0) is 4.79 Å². The maximum Gasteiger partial charge on any atom is 0.229 e. The van der Waals surface area contributed by atoms with Gasteiger partial charge in [-0.25, -0.2) is 0 Å². The highest BCUT2D eigenvalue weighted by Crippen LogP contribution is 2.52. The van der Waals surface area contributed by atoms with Crippen LogP contribution < -0.4 is 4.74 Å². The maximum atomic E-state index is 14.2. The number of hydrogen-bond donors (Lipinski definition) is 0. The second kappa shape index (κ2) is 11.5. The monoisotopic (exact) mass is 522 g/mol. The molecule has 2 heterocycles. The lowest BCUT2D eigenvalue weighted by Gasteiger charge is -2.51. The molecule has 0 aliphatic carbocycles. The first-order valence-corrected chi connectivity index (χ1v) is 13.1. The van der Waals surface area contributed by atoms with E-state index in [-0.39, 0.29) is 23.9 Å². The van der Waals surface area contributed by atoms with Crippen LogP contribution in [0.5, 0.6) is 5.75 Å². The SMILES string of the molecule is C=CC[C@@]1(C)C[C@H](c2cccc(Cl)c2)[C@@H](c2ccc(Cl)cc2)N([C@@H](C)CCOc2cccnc2)C1=O. The summed E-state index contributed by atoms with van der Waals surface area (Å²) in [5.74, 6) is 0.904. The molecule has 4 nitrogen and oxygen atoms in total. The van der Waals surface area contributed by atoms with Gasteiger partial charge in [-0.2, -0.15) is 0 Å². The first-order valence-electron chi connectivity index (χ1n) is 12.3. The van der Waals surface area contributed by atoms with Crippen molar-refractivity contribution in [2.45, 2.75) is 51.1 Å². The number of allylic oxidation sites excluding steroid dienone is 1. The van der Waals surface area contributed by atoms with Crippen molar-refractivity contribution in [3.63, 3.8) is 0 Å². The standard InChI is InChI=1S/C30H32Cl2N2O2/c1-4-15-30(3)19-27(23-7-5-8-25(32)18-23)28(22-10-12-24(31)13-11-22)34(29(30)35)21(2)14-17-36-26-9-6-16-33-20-26/h4-13,16,18,20-21,27-28H,1,14-15,17,19H2,2-3H3/t21-,27+,28+,30-/m0/s1. The Bertz CT molecular complexity index is 1190. The predicted octanol–water partition coefficient (Wildman–Crippen LogP) is 7.89.